The van der Waals surface area contributed by atoms with Crippen LogP contribution in [0.5, 0.6) is 0 Å². The van der Waals surface area contributed by atoms with Gasteiger partial charge in [0.1, 0.15) is 0 Å². The molecular formula is C20H26FN9. The number of piperidine rings is 1. The van der Waals surface area contributed by atoms with E-state index in [2.05, 4.69) is 74.2 Å². The van der Waals surface area contributed by atoms with Gasteiger partial charge in [-0.15, -0.1) is 10.2 Å². The zero-order valence-corrected chi connectivity index (χ0v) is 17.5. The van der Waals surface area contributed by atoms with E-state index >= 15 is 0 Å². The molecule has 2 aromatic heterocycles. The van der Waals surface area contributed by atoms with Crippen LogP contribution in [0.1, 0.15) is 40.5 Å². The van der Waals surface area contributed by atoms with Gasteiger partial charge in [0.2, 0.25) is 11.8 Å². The van der Waals surface area contributed by atoms with Gasteiger partial charge in [-0.25, -0.2) is 9.37 Å². The maximum Gasteiger partial charge on any atom is 0.229 e. The van der Waals surface area contributed by atoms with Crippen LogP contribution in [0.4, 0.5) is 21.8 Å². The van der Waals surface area contributed by atoms with E-state index in [0.717, 1.165) is 24.1 Å². The lowest BCUT2D eigenvalue weighted by molar-refractivity contribution is 0.170. The Morgan fingerprint density at radius 3 is 2.60 bits per heavy atom. The second-order valence-corrected chi connectivity index (χ2v) is 8.97. The van der Waals surface area contributed by atoms with E-state index in [4.69, 9.17) is 0 Å². The highest BCUT2D eigenvalue weighted by molar-refractivity contribution is 5.65. The van der Waals surface area contributed by atoms with Crippen molar-refractivity contribution in [2.75, 3.05) is 10.6 Å². The third kappa shape index (κ3) is 4.70. The molecule has 1 fully saturated rings. The first kappa shape index (κ1) is 20.1. The van der Waals surface area contributed by atoms with Crippen LogP contribution >= 0.6 is 0 Å². The third-order valence-corrected chi connectivity index (χ3v) is 5.00. The fraction of sp³-hybridized carbons (Fsp3) is 0.450. The van der Waals surface area contributed by atoms with Crippen molar-refractivity contribution in [1.29, 1.82) is 0 Å². The van der Waals surface area contributed by atoms with Gasteiger partial charge in [-0.1, -0.05) is 12.1 Å². The van der Waals surface area contributed by atoms with Crippen molar-refractivity contribution < 1.29 is 4.39 Å². The first-order valence-corrected chi connectivity index (χ1v) is 9.88. The summed E-state index contributed by atoms with van der Waals surface area (Å²) in [5, 5.41) is 24.0. The molecule has 0 amide bonds. The number of anilines is 3. The summed E-state index contributed by atoms with van der Waals surface area (Å²) in [5.41, 5.74) is 1.41. The minimum Gasteiger partial charge on any atom is -0.365 e. The molecular weight excluding hydrogens is 385 g/mol. The Bertz CT molecular complexity index is 1000. The third-order valence-electron chi connectivity index (χ3n) is 5.00. The average Bonchev–Trinajstić information content (AvgIpc) is 3.17. The van der Waals surface area contributed by atoms with E-state index in [-0.39, 0.29) is 22.9 Å². The molecule has 3 heterocycles. The SMILES string of the molecule is CC1(C)CC(Nc2nc(Nc3cccc(-c4nn[nH]n4)c3)ncc2F)CC(C)(C)N1. The number of hydrogen-bond acceptors (Lipinski definition) is 8. The summed E-state index contributed by atoms with van der Waals surface area (Å²) >= 11 is 0. The lowest BCUT2D eigenvalue weighted by Crippen LogP contribution is -2.60. The molecule has 1 aliphatic heterocycles. The van der Waals surface area contributed by atoms with Gasteiger partial charge in [0, 0.05) is 28.4 Å². The van der Waals surface area contributed by atoms with Crippen molar-refractivity contribution in [3.8, 4) is 11.4 Å². The zero-order valence-electron chi connectivity index (χ0n) is 17.5. The average molecular weight is 411 g/mol. The summed E-state index contributed by atoms with van der Waals surface area (Å²) in [7, 11) is 0. The molecule has 9 nitrogen and oxygen atoms in total. The molecule has 0 saturated carbocycles. The predicted molar refractivity (Wildman–Crippen MR) is 113 cm³/mol. The maximum atomic E-state index is 14.4. The molecule has 1 aliphatic rings. The Kier molecular flexibility index (Phi) is 5.10. The molecule has 4 N–H and O–H groups in total. The van der Waals surface area contributed by atoms with Crippen LogP contribution in [0, 0.1) is 5.82 Å². The monoisotopic (exact) mass is 411 g/mol. The molecule has 1 aromatic carbocycles. The molecule has 0 spiro atoms. The number of H-pyrrole nitrogens is 1. The minimum atomic E-state index is -0.477. The number of nitrogens with one attached hydrogen (secondary N) is 4. The highest BCUT2D eigenvalue weighted by Crippen LogP contribution is 2.31. The van der Waals surface area contributed by atoms with Gasteiger partial charge >= 0.3 is 0 Å². The zero-order chi connectivity index (χ0) is 21.4. The first-order valence-electron chi connectivity index (χ1n) is 9.88. The highest BCUT2D eigenvalue weighted by atomic mass is 19.1. The van der Waals surface area contributed by atoms with Crippen LogP contribution in [-0.2, 0) is 0 Å². The number of hydrogen-bond donors (Lipinski definition) is 4. The Balaban J connectivity index is 1.52. The topological polar surface area (TPSA) is 116 Å². The normalized spacial score (nSPS) is 18.2. The van der Waals surface area contributed by atoms with Crippen molar-refractivity contribution in [2.45, 2.75) is 57.7 Å². The van der Waals surface area contributed by atoms with E-state index < -0.39 is 5.82 Å². The van der Waals surface area contributed by atoms with Crippen LogP contribution in [0.3, 0.4) is 0 Å². The summed E-state index contributed by atoms with van der Waals surface area (Å²) in [6.45, 7) is 8.62. The lowest BCUT2D eigenvalue weighted by Gasteiger charge is -2.46. The van der Waals surface area contributed by atoms with E-state index in [1.165, 1.54) is 6.20 Å². The van der Waals surface area contributed by atoms with Crippen molar-refractivity contribution in [1.82, 2.24) is 35.9 Å². The molecule has 3 aromatic rings. The van der Waals surface area contributed by atoms with Crippen molar-refractivity contribution in [3.63, 3.8) is 0 Å². The fourth-order valence-electron chi connectivity index (χ4n) is 4.30. The quantitative estimate of drug-likeness (QED) is 0.506. The van der Waals surface area contributed by atoms with Gasteiger partial charge in [0.15, 0.2) is 11.6 Å². The number of benzene rings is 1. The van der Waals surface area contributed by atoms with Gasteiger partial charge in [-0.3, -0.25) is 0 Å². The number of aromatic amines is 1. The van der Waals surface area contributed by atoms with Gasteiger partial charge in [0.05, 0.1) is 6.20 Å². The number of nitrogens with zero attached hydrogens (tertiary/aromatic N) is 5. The molecule has 1 saturated heterocycles. The van der Waals surface area contributed by atoms with Gasteiger partial charge in [-0.2, -0.15) is 10.2 Å². The Hall–Kier alpha value is -3.14. The second kappa shape index (κ2) is 7.60. The molecule has 0 unspecified atom stereocenters. The van der Waals surface area contributed by atoms with Crippen molar-refractivity contribution in [3.05, 3.63) is 36.3 Å². The second-order valence-electron chi connectivity index (χ2n) is 8.97. The van der Waals surface area contributed by atoms with Crippen LogP contribution in [0.15, 0.2) is 30.5 Å². The van der Waals surface area contributed by atoms with Gasteiger partial charge in [0.25, 0.3) is 0 Å². The summed E-state index contributed by atoms with van der Waals surface area (Å²) in [6, 6.07) is 7.53. The van der Waals surface area contributed by atoms with Crippen LogP contribution in [-0.4, -0.2) is 47.7 Å². The summed E-state index contributed by atoms with van der Waals surface area (Å²) in [5.74, 6) is 0.504. The van der Waals surface area contributed by atoms with Gasteiger partial charge in [-0.05, 0) is 57.9 Å². The van der Waals surface area contributed by atoms with Crippen molar-refractivity contribution >= 4 is 17.5 Å². The predicted octanol–water partition coefficient (Wildman–Crippen LogP) is 3.26. The highest BCUT2D eigenvalue weighted by Gasteiger charge is 2.38. The number of rotatable bonds is 5. The Morgan fingerprint density at radius 2 is 1.90 bits per heavy atom. The van der Waals surface area contributed by atoms with E-state index in [1.54, 1.807) is 0 Å². The molecule has 158 valence electrons. The van der Waals surface area contributed by atoms with E-state index in [0.29, 0.717) is 11.8 Å². The van der Waals surface area contributed by atoms with Crippen LogP contribution < -0.4 is 16.0 Å². The largest absolute Gasteiger partial charge is 0.365 e. The molecule has 0 radical (unpaired) electrons. The molecule has 10 heteroatoms. The standard InChI is InChI=1S/C20H26FN9/c1-19(2)9-14(10-20(3,4)28-19)23-17-15(21)11-22-18(25-17)24-13-7-5-6-12(8-13)16-26-29-30-27-16/h5-8,11,14,28H,9-10H2,1-4H3,(H2,22,23,24,25)(H,26,27,29,30). The van der Waals surface area contributed by atoms with Crippen molar-refractivity contribution in [2.24, 2.45) is 0 Å². The summed E-state index contributed by atoms with van der Waals surface area (Å²) in [6.07, 6.45) is 2.89. The van der Waals surface area contributed by atoms with E-state index in [1.807, 2.05) is 24.3 Å². The minimum absolute atomic E-state index is 0.0560. The molecule has 0 bridgehead atoms. The lowest BCUT2D eigenvalue weighted by atomic mass is 9.79. The summed E-state index contributed by atoms with van der Waals surface area (Å²) < 4.78 is 14.4. The van der Waals surface area contributed by atoms with Crippen LogP contribution in [0.25, 0.3) is 11.4 Å². The number of aromatic nitrogens is 6. The smallest absolute Gasteiger partial charge is 0.229 e. The molecule has 4 rings (SSSR count). The maximum absolute atomic E-state index is 14.4. The molecule has 0 atom stereocenters. The van der Waals surface area contributed by atoms with Gasteiger partial charge < -0.3 is 16.0 Å². The first-order chi connectivity index (χ1) is 14.2. The number of tetrazole rings is 1. The fourth-order valence-corrected chi connectivity index (χ4v) is 4.30. The Morgan fingerprint density at radius 1 is 1.13 bits per heavy atom. The molecule has 30 heavy (non-hydrogen) atoms. The number of halogens is 1. The Labute approximate surface area is 174 Å². The molecule has 0 aliphatic carbocycles. The summed E-state index contributed by atoms with van der Waals surface area (Å²) in [4.78, 5) is 8.45. The van der Waals surface area contributed by atoms with Crippen LogP contribution in [0.2, 0.25) is 0 Å². The van der Waals surface area contributed by atoms with E-state index in [9.17, 15) is 4.39 Å².